The van der Waals surface area contributed by atoms with Gasteiger partial charge in [0.1, 0.15) is 11.4 Å². The molecule has 3 aliphatic heterocycles. The van der Waals surface area contributed by atoms with Crippen LogP contribution in [0.25, 0.3) is 0 Å². The van der Waals surface area contributed by atoms with Crippen molar-refractivity contribution in [2.75, 3.05) is 27.3 Å². The summed E-state index contributed by atoms with van der Waals surface area (Å²) in [6.45, 7) is 8.84. The summed E-state index contributed by atoms with van der Waals surface area (Å²) in [5.74, 6) is 1.63. The third kappa shape index (κ3) is 5.05. The van der Waals surface area contributed by atoms with Gasteiger partial charge < -0.3 is 19.1 Å². The fourth-order valence-corrected chi connectivity index (χ4v) is 6.78. The largest absolute Gasteiger partial charge is 0.381 e. The zero-order chi connectivity index (χ0) is 22.2. The number of carbonyl (C=O) groups is 1. The maximum Gasteiger partial charge on any atom is 0.133 e. The van der Waals surface area contributed by atoms with E-state index in [0.717, 1.165) is 38.7 Å². The summed E-state index contributed by atoms with van der Waals surface area (Å²) in [6, 6.07) is 0.681. The molecule has 0 aromatic carbocycles. The number of nitrogens with zero attached hydrogens (tertiary/aromatic N) is 1. The second-order valence-electron chi connectivity index (χ2n) is 11.5. The van der Waals surface area contributed by atoms with Crippen molar-refractivity contribution in [1.29, 1.82) is 0 Å². The van der Waals surface area contributed by atoms with Gasteiger partial charge in [-0.05, 0) is 83.7 Å². The molecule has 5 nitrogen and oxygen atoms in total. The first kappa shape index (κ1) is 23.7. The minimum atomic E-state index is -0.166. The van der Waals surface area contributed by atoms with Gasteiger partial charge in [0.25, 0.3) is 0 Å². The van der Waals surface area contributed by atoms with Crippen LogP contribution in [0.5, 0.6) is 0 Å². The number of ketones is 1. The van der Waals surface area contributed by atoms with Gasteiger partial charge in [0.15, 0.2) is 0 Å². The highest BCUT2D eigenvalue weighted by Gasteiger charge is 2.71. The number of carbonyl (C=O) groups excluding carboxylic acids is 1. The predicted octanol–water partition coefficient (Wildman–Crippen LogP) is 4.61. The topological polar surface area (TPSA) is 54.6 Å². The van der Waals surface area contributed by atoms with Crippen LogP contribution in [0.4, 0.5) is 0 Å². The van der Waals surface area contributed by atoms with E-state index in [9.17, 15) is 4.79 Å². The molecule has 7 atom stereocenters. The Morgan fingerprint density at radius 3 is 2.65 bits per heavy atom. The molecule has 1 aliphatic carbocycles. The Hall–Kier alpha value is -0.490. The molecule has 4 rings (SSSR count). The van der Waals surface area contributed by atoms with Crippen molar-refractivity contribution in [1.82, 2.24) is 4.90 Å². The number of rotatable bonds is 11. The van der Waals surface area contributed by atoms with Crippen LogP contribution in [-0.2, 0) is 19.0 Å². The third-order valence-corrected chi connectivity index (χ3v) is 8.84. The van der Waals surface area contributed by atoms with Gasteiger partial charge in [0.2, 0.25) is 0 Å². The average Bonchev–Trinajstić information content (AvgIpc) is 3.59. The second-order valence-corrected chi connectivity index (χ2v) is 11.5. The van der Waals surface area contributed by atoms with Crippen molar-refractivity contribution in [3.8, 4) is 0 Å². The molecule has 31 heavy (non-hydrogen) atoms. The summed E-state index contributed by atoms with van der Waals surface area (Å²) in [5.41, 5.74) is -0.241. The van der Waals surface area contributed by atoms with E-state index < -0.39 is 0 Å². The van der Waals surface area contributed by atoms with E-state index in [0.29, 0.717) is 42.6 Å². The lowest BCUT2D eigenvalue weighted by Crippen LogP contribution is -2.53. The van der Waals surface area contributed by atoms with E-state index in [1.54, 1.807) is 0 Å². The van der Waals surface area contributed by atoms with Gasteiger partial charge in [0, 0.05) is 31.9 Å². The van der Waals surface area contributed by atoms with Crippen LogP contribution in [0.3, 0.4) is 0 Å². The van der Waals surface area contributed by atoms with Gasteiger partial charge in [-0.2, -0.15) is 0 Å². The molecule has 0 aromatic heterocycles. The Bertz CT molecular complexity index is 633. The third-order valence-electron chi connectivity index (χ3n) is 8.84. The summed E-state index contributed by atoms with van der Waals surface area (Å²) in [6.07, 6.45) is 10.9. The van der Waals surface area contributed by atoms with E-state index >= 15 is 0 Å². The molecule has 4 aliphatic rings. The van der Waals surface area contributed by atoms with E-state index in [1.165, 1.54) is 25.8 Å². The highest BCUT2D eigenvalue weighted by molar-refractivity contribution is 5.78. The number of hydrogen-bond acceptors (Lipinski definition) is 5. The van der Waals surface area contributed by atoms with Crippen molar-refractivity contribution in [2.45, 2.75) is 114 Å². The van der Waals surface area contributed by atoms with Crippen LogP contribution >= 0.6 is 0 Å². The average molecular weight is 436 g/mol. The highest BCUT2D eigenvalue weighted by atomic mass is 16.6. The number of likely N-dealkylation sites (tertiary alicyclic amines) is 1. The number of ether oxygens (including phenoxy) is 3. The molecular formula is C26H45NO4. The normalized spacial score (nSPS) is 42.5. The Morgan fingerprint density at radius 1 is 1.26 bits per heavy atom. The molecule has 0 aromatic rings. The maximum absolute atomic E-state index is 12.9. The Morgan fingerprint density at radius 2 is 2.03 bits per heavy atom. The molecule has 0 bridgehead atoms. The Balaban J connectivity index is 1.33. The molecule has 3 heterocycles. The maximum atomic E-state index is 12.9. The summed E-state index contributed by atoms with van der Waals surface area (Å²) in [7, 11) is 4.04. The molecular weight excluding hydrogens is 390 g/mol. The molecule has 3 saturated heterocycles. The summed E-state index contributed by atoms with van der Waals surface area (Å²) < 4.78 is 18.5. The number of Topliss-reactive ketones (excluding diaryl/α,β-unsaturated/α-hetero) is 1. The van der Waals surface area contributed by atoms with Gasteiger partial charge in [-0.15, -0.1) is 0 Å². The smallest absolute Gasteiger partial charge is 0.133 e. The monoisotopic (exact) mass is 435 g/mol. The van der Waals surface area contributed by atoms with E-state index in [4.69, 9.17) is 14.2 Å². The highest BCUT2D eigenvalue weighted by Crippen LogP contribution is 2.60. The zero-order valence-electron chi connectivity index (χ0n) is 20.5. The van der Waals surface area contributed by atoms with Gasteiger partial charge >= 0.3 is 0 Å². The van der Waals surface area contributed by atoms with Crippen LogP contribution in [0.1, 0.15) is 85.0 Å². The van der Waals surface area contributed by atoms with Crippen molar-refractivity contribution in [3.63, 3.8) is 0 Å². The van der Waals surface area contributed by atoms with Crippen molar-refractivity contribution >= 4 is 5.78 Å². The summed E-state index contributed by atoms with van der Waals surface area (Å²) >= 11 is 0. The molecule has 0 amide bonds. The standard InChI is InChI=1S/C26H45NO4/c1-18(2)11-12-22-25(3,31-22)24-23(29-5)19(13-14-26(24)17-30-26)16-21(28)10-6-8-20-9-7-15-27(20)4/h18-20,22-24H,6-17H2,1-5H3/t19?,20?,22-,23-,24-,25+,26+/m1/s1. The minimum absolute atomic E-state index is 0.0511. The van der Waals surface area contributed by atoms with Crippen LogP contribution < -0.4 is 0 Å². The van der Waals surface area contributed by atoms with E-state index in [-0.39, 0.29) is 23.2 Å². The second kappa shape index (κ2) is 9.40. The quantitative estimate of drug-likeness (QED) is 0.444. The van der Waals surface area contributed by atoms with Crippen LogP contribution in [-0.4, -0.2) is 67.4 Å². The predicted molar refractivity (Wildman–Crippen MR) is 122 cm³/mol. The zero-order valence-corrected chi connectivity index (χ0v) is 20.5. The fourth-order valence-electron chi connectivity index (χ4n) is 6.78. The van der Waals surface area contributed by atoms with Gasteiger partial charge in [0.05, 0.1) is 24.4 Å². The van der Waals surface area contributed by atoms with Crippen LogP contribution in [0.15, 0.2) is 0 Å². The fraction of sp³-hybridized carbons (Fsp3) is 0.962. The molecule has 1 spiro atoms. The first-order valence-electron chi connectivity index (χ1n) is 12.9. The number of methoxy groups -OCH3 is 1. The lowest BCUT2D eigenvalue weighted by Gasteiger charge is -2.43. The summed E-state index contributed by atoms with van der Waals surface area (Å²) in [5, 5.41) is 0. The van der Waals surface area contributed by atoms with Crippen LogP contribution in [0, 0.1) is 17.8 Å². The van der Waals surface area contributed by atoms with Crippen molar-refractivity contribution in [2.24, 2.45) is 17.8 Å². The Labute approximate surface area is 189 Å². The van der Waals surface area contributed by atoms with Gasteiger partial charge in [-0.1, -0.05) is 13.8 Å². The first-order chi connectivity index (χ1) is 14.8. The van der Waals surface area contributed by atoms with E-state index in [2.05, 4.69) is 32.7 Å². The number of hydrogen-bond donors (Lipinski definition) is 0. The van der Waals surface area contributed by atoms with Crippen LogP contribution in [0.2, 0.25) is 0 Å². The van der Waals surface area contributed by atoms with Crippen molar-refractivity contribution in [3.05, 3.63) is 0 Å². The molecule has 5 heteroatoms. The first-order valence-corrected chi connectivity index (χ1v) is 12.9. The molecule has 178 valence electrons. The number of epoxide rings is 2. The molecule has 4 fully saturated rings. The lowest BCUT2D eigenvalue weighted by molar-refractivity contribution is -0.126. The Kier molecular flexibility index (Phi) is 7.18. The molecule has 0 radical (unpaired) electrons. The summed E-state index contributed by atoms with van der Waals surface area (Å²) in [4.78, 5) is 15.3. The molecule has 1 saturated carbocycles. The lowest BCUT2D eigenvalue weighted by atomic mass is 9.64. The minimum Gasteiger partial charge on any atom is -0.381 e. The van der Waals surface area contributed by atoms with Gasteiger partial charge in [-0.25, -0.2) is 0 Å². The van der Waals surface area contributed by atoms with Gasteiger partial charge in [-0.3, -0.25) is 4.79 Å². The van der Waals surface area contributed by atoms with E-state index in [1.807, 2.05) is 7.11 Å². The molecule has 0 N–H and O–H groups in total. The SMILES string of the molecule is CO[C@@H]1C(CC(=O)CCCC2CCCN2C)CC[C@]2(CO2)[C@H]1[C@@]1(C)O[C@@H]1CCC(C)C. The molecule has 2 unspecified atom stereocenters. The van der Waals surface area contributed by atoms with Crippen molar-refractivity contribution < 1.29 is 19.0 Å².